The van der Waals surface area contributed by atoms with Crippen LogP contribution in [-0.2, 0) is 5.41 Å². The van der Waals surface area contributed by atoms with Gasteiger partial charge in [-0.2, -0.15) is 0 Å². The fourth-order valence-electron chi connectivity index (χ4n) is 3.09. The molecule has 0 amide bonds. The average molecular weight is 241 g/mol. The molecule has 0 saturated heterocycles. The number of nitrogens with one attached hydrogen (secondary N) is 1. The van der Waals surface area contributed by atoms with Crippen LogP contribution in [0.4, 0.5) is 0 Å². The SMILES string of the molecule is Cc1cc(C)cc(C2(CNC3CC3)CC=CC2)c1. The highest BCUT2D eigenvalue weighted by Crippen LogP contribution is 2.38. The van der Waals surface area contributed by atoms with Crippen LogP contribution >= 0.6 is 0 Å². The highest BCUT2D eigenvalue weighted by Gasteiger charge is 2.35. The molecule has 1 aromatic carbocycles. The number of hydrogen-bond acceptors (Lipinski definition) is 1. The molecular formula is C17H23N. The van der Waals surface area contributed by atoms with Crippen LogP contribution in [0.3, 0.4) is 0 Å². The first-order valence-corrected chi connectivity index (χ1v) is 7.15. The van der Waals surface area contributed by atoms with Crippen LogP contribution < -0.4 is 5.32 Å². The topological polar surface area (TPSA) is 12.0 Å². The Kier molecular flexibility index (Phi) is 3.03. The monoisotopic (exact) mass is 241 g/mol. The average Bonchev–Trinajstić information content (AvgIpc) is 3.03. The van der Waals surface area contributed by atoms with E-state index in [1.165, 1.54) is 42.4 Å². The molecule has 0 atom stereocenters. The molecule has 18 heavy (non-hydrogen) atoms. The molecule has 0 heterocycles. The molecule has 1 heteroatoms. The zero-order chi connectivity index (χ0) is 12.6. The van der Waals surface area contributed by atoms with Gasteiger partial charge in [-0.1, -0.05) is 41.5 Å². The van der Waals surface area contributed by atoms with Crippen LogP contribution in [0, 0.1) is 13.8 Å². The quantitative estimate of drug-likeness (QED) is 0.794. The third kappa shape index (κ3) is 2.37. The van der Waals surface area contributed by atoms with E-state index in [9.17, 15) is 0 Å². The van der Waals surface area contributed by atoms with Gasteiger partial charge in [0.25, 0.3) is 0 Å². The first-order valence-electron chi connectivity index (χ1n) is 7.15. The first kappa shape index (κ1) is 12.0. The highest BCUT2D eigenvalue weighted by molar-refractivity contribution is 5.37. The van der Waals surface area contributed by atoms with E-state index in [0.717, 1.165) is 12.6 Å². The molecule has 96 valence electrons. The van der Waals surface area contributed by atoms with Crippen molar-refractivity contribution in [2.45, 2.75) is 51.0 Å². The maximum atomic E-state index is 3.74. The standard InChI is InChI=1S/C17H23N/c1-13-9-14(2)11-15(10-13)17(7-3-4-8-17)12-18-16-5-6-16/h3-4,9-11,16,18H,5-8,12H2,1-2H3. The Morgan fingerprint density at radius 1 is 1.06 bits per heavy atom. The number of allylic oxidation sites excluding steroid dienone is 2. The number of aryl methyl sites for hydroxylation is 2. The smallest absolute Gasteiger partial charge is 0.0147 e. The number of hydrogen-bond donors (Lipinski definition) is 1. The van der Waals surface area contributed by atoms with E-state index >= 15 is 0 Å². The molecule has 0 aromatic heterocycles. The van der Waals surface area contributed by atoms with Gasteiger partial charge >= 0.3 is 0 Å². The van der Waals surface area contributed by atoms with Gasteiger partial charge in [0.1, 0.15) is 0 Å². The van der Waals surface area contributed by atoms with Crippen molar-refractivity contribution in [3.8, 4) is 0 Å². The minimum Gasteiger partial charge on any atom is -0.313 e. The molecule has 1 saturated carbocycles. The van der Waals surface area contributed by atoms with Crippen molar-refractivity contribution in [1.82, 2.24) is 5.32 Å². The van der Waals surface area contributed by atoms with E-state index in [4.69, 9.17) is 0 Å². The van der Waals surface area contributed by atoms with Gasteiger partial charge in [-0.05, 0) is 45.1 Å². The molecule has 0 aliphatic heterocycles. The lowest BCUT2D eigenvalue weighted by Gasteiger charge is -2.31. The summed E-state index contributed by atoms with van der Waals surface area (Å²) in [6.07, 6.45) is 9.83. The molecule has 1 fully saturated rings. The molecule has 1 aromatic rings. The summed E-state index contributed by atoms with van der Waals surface area (Å²) in [6, 6.07) is 7.84. The highest BCUT2D eigenvalue weighted by atomic mass is 15.0. The largest absolute Gasteiger partial charge is 0.313 e. The van der Waals surface area contributed by atoms with Crippen molar-refractivity contribution in [3.05, 3.63) is 47.0 Å². The summed E-state index contributed by atoms with van der Waals surface area (Å²) < 4.78 is 0. The van der Waals surface area contributed by atoms with Gasteiger partial charge in [0.2, 0.25) is 0 Å². The summed E-state index contributed by atoms with van der Waals surface area (Å²) >= 11 is 0. The van der Waals surface area contributed by atoms with E-state index in [1.807, 2.05) is 0 Å². The molecule has 2 aliphatic carbocycles. The van der Waals surface area contributed by atoms with Crippen molar-refractivity contribution in [2.75, 3.05) is 6.54 Å². The van der Waals surface area contributed by atoms with Crippen molar-refractivity contribution in [2.24, 2.45) is 0 Å². The summed E-state index contributed by atoms with van der Waals surface area (Å²) in [4.78, 5) is 0. The lowest BCUT2D eigenvalue weighted by molar-refractivity contribution is 0.416. The lowest BCUT2D eigenvalue weighted by atomic mass is 9.77. The van der Waals surface area contributed by atoms with E-state index < -0.39 is 0 Å². The molecule has 3 rings (SSSR count). The number of benzene rings is 1. The Hall–Kier alpha value is -1.08. The molecular weight excluding hydrogens is 218 g/mol. The van der Waals surface area contributed by atoms with Crippen LogP contribution in [-0.4, -0.2) is 12.6 Å². The predicted octanol–water partition coefficient (Wildman–Crippen LogP) is 3.64. The van der Waals surface area contributed by atoms with E-state index in [-0.39, 0.29) is 0 Å². The van der Waals surface area contributed by atoms with Crippen molar-refractivity contribution >= 4 is 0 Å². The Balaban J connectivity index is 1.86. The molecule has 1 N–H and O–H groups in total. The van der Waals surface area contributed by atoms with E-state index in [1.54, 1.807) is 0 Å². The second kappa shape index (κ2) is 4.55. The van der Waals surface area contributed by atoms with Crippen molar-refractivity contribution in [1.29, 1.82) is 0 Å². The molecule has 0 radical (unpaired) electrons. The van der Waals surface area contributed by atoms with Gasteiger partial charge in [0, 0.05) is 18.0 Å². The van der Waals surface area contributed by atoms with Gasteiger partial charge in [-0.3, -0.25) is 0 Å². The van der Waals surface area contributed by atoms with Crippen LogP contribution in [0.25, 0.3) is 0 Å². The van der Waals surface area contributed by atoms with Gasteiger partial charge < -0.3 is 5.32 Å². The molecule has 0 unspecified atom stereocenters. The van der Waals surface area contributed by atoms with Crippen LogP contribution in [0.2, 0.25) is 0 Å². The van der Waals surface area contributed by atoms with Crippen molar-refractivity contribution in [3.63, 3.8) is 0 Å². The predicted molar refractivity (Wildman–Crippen MR) is 77.0 cm³/mol. The number of rotatable bonds is 4. The molecule has 0 bridgehead atoms. The van der Waals surface area contributed by atoms with Crippen LogP contribution in [0.1, 0.15) is 42.4 Å². The van der Waals surface area contributed by atoms with Gasteiger partial charge in [-0.15, -0.1) is 0 Å². The summed E-state index contributed by atoms with van der Waals surface area (Å²) in [5.41, 5.74) is 4.63. The first-order chi connectivity index (χ1) is 8.68. The van der Waals surface area contributed by atoms with Crippen LogP contribution in [0.5, 0.6) is 0 Å². The Labute approximate surface area is 110 Å². The van der Waals surface area contributed by atoms with Crippen molar-refractivity contribution < 1.29 is 0 Å². The maximum absolute atomic E-state index is 3.74. The normalized spacial score (nSPS) is 21.4. The van der Waals surface area contributed by atoms with Crippen LogP contribution in [0.15, 0.2) is 30.4 Å². The lowest BCUT2D eigenvalue weighted by Crippen LogP contribution is -2.37. The fraction of sp³-hybridized carbons (Fsp3) is 0.529. The summed E-state index contributed by atoms with van der Waals surface area (Å²) in [7, 11) is 0. The minimum atomic E-state index is 0.319. The summed E-state index contributed by atoms with van der Waals surface area (Å²) in [6.45, 7) is 5.55. The third-order valence-electron chi connectivity index (χ3n) is 4.32. The summed E-state index contributed by atoms with van der Waals surface area (Å²) in [5.74, 6) is 0. The van der Waals surface area contributed by atoms with E-state index in [2.05, 4.69) is 49.5 Å². The molecule has 1 nitrogen and oxygen atoms in total. The van der Waals surface area contributed by atoms with Gasteiger partial charge in [0.15, 0.2) is 0 Å². The Morgan fingerprint density at radius 2 is 1.67 bits per heavy atom. The van der Waals surface area contributed by atoms with Gasteiger partial charge in [0.05, 0.1) is 0 Å². The maximum Gasteiger partial charge on any atom is 0.0147 e. The zero-order valence-corrected chi connectivity index (χ0v) is 11.5. The fourth-order valence-corrected chi connectivity index (χ4v) is 3.09. The zero-order valence-electron chi connectivity index (χ0n) is 11.5. The third-order valence-corrected chi connectivity index (χ3v) is 4.32. The van der Waals surface area contributed by atoms with Gasteiger partial charge in [-0.25, -0.2) is 0 Å². The Morgan fingerprint density at radius 3 is 2.22 bits per heavy atom. The van der Waals surface area contributed by atoms with E-state index in [0.29, 0.717) is 5.41 Å². The molecule has 0 spiro atoms. The molecule has 2 aliphatic rings. The second-order valence-electron chi connectivity index (χ2n) is 6.19. The minimum absolute atomic E-state index is 0.319. The second-order valence-corrected chi connectivity index (χ2v) is 6.19. The summed E-state index contributed by atoms with van der Waals surface area (Å²) in [5, 5.41) is 3.74. The Bertz CT molecular complexity index is 440.